The Morgan fingerprint density at radius 1 is 1.16 bits per heavy atom. The molecule has 0 radical (unpaired) electrons. The highest BCUT2D eigenvalue weighted by molar-refractivity contribution is 6.01. The zero-order valence-corrected chi connectivity index (χ0v) is 24.1. The number of nitrogens with zero attached hydrogens (tertiary/aromatic N) is 2. The average Bonchev–Trinajstić information content (AvgIpc) is 3.15. The molecule has 3 fully saturated rings. The molecule has 4 N–H and O–H groups in total. The highest BCUT2D eigenvalue weighted by Gasteiger charge is 2.76. The van der Waals surface area contributed by atoms with Crippen molar-refractivity contribution in [2.24, 2.45) is 28.6 Å². The molecule has 0 spiro atoms. The van der Waals surface area contributed by atoms with E-state index < -0.39 is 81.7 Å². The van der Waals surface area contributed by atoms with Gasteiger partial charge in [0.2, 0.25) is 5.78 Å². The van der Waals surface area contributed by atoms with Crippen LogP contribution in [0.2, 0.25) is 0 Å². The first-order valence-electron chi connectivity index (χ1n) is 14.2. The topological polar surface area (TPSA) is 167 Å². The third-order valence-corrected chi connectivity index (χ3v) is 10.5. The van der Waals surface area contributed by atoms with Crippen molar-refractivity contribution in [3.8, 4) is 0 Å². The summed E-state index contributed by atoms with van der Waals surface area (Å²) < 4.78 is 38.1. The molecule has 13 heteroatoms. The van der Waals surface area contributed by atoms with Crippen LogP contribution in [0.1, 0.15) is 51.4 Å². The highest BCUT2D eigenvalue weighted by atomic mass is 19.1. The maximum atomic E-state index is 17.3. The molecular weight excluding hydrogens is 570 g/mol. The monoisotopic (exact) mass is 606 g/mol. The number of hydrogen-bond donors (Lipinski definition) is 4. The summed E-state index contributed by atoms with van der Waals surface area (Å²) in [7, 11) is 0. The molecule has 0 bridgehead atoms. The number of aromatic nitrogens is 1. The van der Waals surface area contributed by atoms with Gasteiger partial charge in [-0.1, -0.05) is 26.0 Å². The van der Waals surface area contributed by atoms with Crippen molar-refractivity contribution in [2.45, 2.75) is 76.6 Å². The molecule has 4 aliphatic rings. The first-order valence-corrected chi connectivity index (χ1v) is 14.2. The maximum Gasteiger partial charge on any atom is 0.312 e. The van der Waals surface area contributed by atoms with Crippen molar-refractivity contribution in [2.75, 3.05) is 6.61 Å². The van der Waals surface area contributed by atoms with E-state index in [1.54, 1.807) is 19.9 Å². The molecule has 4 aliphatic carbocycles. The lowest BCUT2D eigenvalue weighted by Crippen LogP contribution is -2.70. The Labute approximate surface area is 246 Å². The molecule has 0 aliphatic heterocycles. The zero-order chi connectivity index (χ0) is 31.5. The summed E-state index contributed by atoms with van der Waals surface area (Å²) >= 11 is 0. The largest absolute Gasteiger partial charge is 0.457 e. The number of aliphatic hydroxyl groups excluding tert-OH is 1. The number of carbonyl (C=O) groups is 3. The van der Waals surface area contributed by atoms with Gasteiger partial charge in [0.25, 0.3) is 0 Å². The van der Waals surface area contributed by atoms with E-state index >= 15 is 8.78 Å². The minimum Gasteiger partial charge on any atom is -0.457 e. The summed E-state index contributed by atoms with van der Waals surface area (Å²) in [5, 5.41) is 40.3. The Morgan fingerprint density at radius 3 is 2.56 bits per heavy atom. The smallest absolute Gasteiger partial charge is 0.312 e. The van der Waals surface area contributed by atoms with Crippen molar-refractivity contribution in [3.05, 3.63) is 53.4 Å². The van der Waals surface area contributed by atoms with Crippen LogP contribution in [-0.2, 0) is 37.0 Å². The van der Waals surface area contributed by atoms with Crippen LogP contribution in [0.5, 0.6) is 0 Å². The number of halogens is 2. The fourth-order valence-corrected chi connectivity index (χ4v) is 8.42. The van der Waals surface area contributed by atoms with Crippen LogP contribution >= 0.6 is 0 Å². The number of alkyl halides is 2. The van der Waals surface area contributed by atoms with Gasteiger partial charge in [-0.25, -0.2) is 13.6 Å². The molecule has 0 aromatic carbocycles. The first-order chi connectivity index (χ1) is 20.1. The lowest BCUT2D eigenvalue weighted by atomic mass is 9.44. The van der Waals surface area contributed by atoms with Crippen LogP contribution in [0.4, 0.5) is 8.78 Å². The predicted molar refractivity (Wildman–Crippen MR) is 142 cm³/mol. The zero-order valence-electron chi connectivity index (χ0n) is 24.1. The Bertz CT molecular complexity index is 1390. The summed E-state index contributed by atoms with van der Waals surface area (Å²) in [5.41, 5.74) is -6.85. The molecule has 0 amide bonds. The minimum absolute atomic E-state index is 0.0120. The van der Waals surface area contributed by atoms with Gasteiger partial charge in [-0.3, -0.25) is 29.8 Å². The average molecular weight is 607 g/mol. The van der Waals surface area contributed by atoms with E-state index in [2.05, 4.69) is 9.82 Å². The molecular formula is C30H36F2N2O9. The van der Waals surface area contributed by atoms with Crippen molar-refractivity contribution in [3.63, 3.8) is 0 Å². The Balaban J connectivity index is 1.33. The van der Waals surface area contributed by atoms with E-state index in [1.807, 2.05) is 0 Å². The van der Waals surface area contributed by atoms with Gasteiger partial charge in [0.1, 0.15) is 18.4 Å². The van der Waals surface area contributed by atoms with Gasteiger partial charge in [-0.2, -0.15) is 0 Å². The molecule has 43 heavy (non-hydrogen) atoms. The second-order valence-corrected chi connectivity index (χ2v) is 12.7. The summed E-state index contributed by atoms with van der Waals surface area (Å²) in [5.74, 6) is -4.54. The molecule has 9 atom stereocenters. The Hall–Kier alpha value is -2.94. The van der Waals surface area contributed by atoms with Crippen molar-refractivity contribution in [1.29, 1.82) is 0 Å². The normalized spacial score (nSPS) is 40.0. The van der Waals surface area contributed by atoms with E-state index in [9.17, 15) is 24.6 Å². The lowest BCUT2D eigenvalue weighted by Gasteiger charge is -2.63. The fraction of sp³-hybridized carbons (Fsp3) is 0.600. The quantitative estimate of drug-likeness (QED) is 0.254. The van der Waals surface area contributed by atoms with E-state index in [1.165, 1.54) is 31.2 Å². The van der Waals surface area contributed by atoms with Gasteiger partial charge < -0.3 is 14.9 Å². The summed E-state index contributed by atoms with van der Waals surface area (Å²) in [6.07, 6.45) is -0.477. The van der Waals surface area contributed by atoms with Crippen LogP contribution in [0.15, 0.2) is 42.0 Å². The molecule has 11 nitrogen and oxygen atoms in total. The standard InChI is InChI=1S/C30H36F2N2O9/c1-16-9-20-21-12-23(31)22-11-19(35)7-8-27(22,2)29(21,32)24(36)13-28(20,3)30(16,39)25(37)15-42-26(38)10-17-5-4-6-18(33-17)14-43-34(40)41/h4-8,11,16,20-21,23-24,36,39-41H,9-10,12-15H2,1-3H3/t16-,20?,21?,23+,24+,27+,28+,29+,30+/m1/s1. The Morgan fingerprint density at radius 2 is 1.86 bits per heavy atom. The minimum atomic E-state index is -2.34. The third-order valence-electron chi connectivity index (χ3n) is 10.5. The van der Waals surface area contributed by atoms with Crippen LogP contribution < -0.4 is 0 Å². The second-order valence-electron chi connectivity index (χ2n) is 12.7. The predicted octanol–water partition coefficient (Wildman–Crippen LogP) is 2.54. The molecule has 1 heterocycles. The van der Waals surface area contributed by atoms with E-state index in [0.717, 1.165) is 6.08 Å². The molecule has 1 aromatic heterocycles. The molecule has 3 saturated carbocycles. The number of pyridine rings is 1. The molecule has 0 saturated heterocycles. The lowest BCUT2D eigenvalue weighted by molar-refractivity contribution is -0.497. The van der Waals surface area contributed by atoms with E-state index in [-0.39, 0.29) is 49.3 Å². The number of ether oxygens (including phenoxy) is 1. The fourth-order valence-electron chi connectivity index (χ4n) is 8.42. The van der Waals surface area contributed by atoms with Crippen molar-refractivity contribution >= 4 is 17.5 Å². The van der Waals surface area contributed by atoms with Crippen LogP contribution in [0.25, 0.3) is 0 Å². The number of hydrogen-bond acceptors (Lipinski definition) is 11. The number of aliphatic hydroxyl groups is 2. The summed E-state index contributed by atoms with van der Waals surface area (Å²) in [6.45, 7) is 3.64. The maximum absolute atomic E-state index is 17.3. The SMILES string of the molecule is C[C@@H]1CC2C3C[C@H](F)C4=CC(=O)C=C[C@]4(C)[C@@]3(F)[C@@H](O)C[C@]2(C)[C@@]1(O)C(=O)COC(=O)Cc1cccc(CON(O)O)n1. The number of Topliss-reactive ketones (excluding diaryl/α,β-unsaturated/α-hetero) is 1. The number of esters is 1. The third kappa shape index (κ3) is 4.77. The van der Waals surface area contributed by atoms with Gasteiger partial charge in [0.05, 0.1) is 29.3 Å². The van der Waals surface area contributed by atoms with Gasteiger partial charge in [0.15, 0.2) is 18.1 Å². The molecule has 5 rings (SSSR count). The van der Waals surface area contributed by atoms with Crippen LogP contribution in [0.3, 0.4) is 0 Å². The van der Waals surface area contributed by atoms with Gasteiger partial charge in [0, 0.05) is 16.7 Å². The van der Waals surface area contributed by atoms with E-state index in [4.69, 9.17) is 15.2 Å². The summed E-state index contributed by atoms with van der Waals surface area (Å²) in [4.78, 5) is 46.9. The molecule has 1 aromatic rings. The number of rotatable bonds is 8. The molecule has 2 unspecified atom stereocenters. The van der Waals surface area contributed by atoms with Crippen molar-refractivity contribution in [1.82, 2.24) is 10.4 Å². The van der Waals surface area contributed by atoms with E-state index in [0.29, 0.717) is 0 Å². The van der Waals surface area contributed by atoms with Gasteiger partial charge in [-0.15, -0.1) is 0 Å². The van der Waals surface area contributed by atoms with Crippen molar-refractivity contribution < 1.29 is 53.4 Å². The van der Waals surface area contributed by atoms with Crippen LogP contribution in [-0.4, -0.2) is 78.7 Å². The number of allylic oxidation sites excluding steroid dienone is 4. The molecule has 234 valence electrons. The number of fused-ring (bicyclic) bond motifs is 5. The first kappa shape index (κ1) is 31.5. The highest BCUT2D eigenvalue weighted by Crippen LogP contribution is 2.71. The number of carbonyl (C=O) groups excluding carboxylic acids is 3. The second kappa shape index (κ2) is 10.9. The Kier molecular flexibility index (Phi) is 7.98. The van der Waals surface area contributed by atoms with Crippen LogP contribution in [0, 0.1) is 28.6 Å². The van der Waals surface area contributed by atoms with Gasteiger partial charge >= 0.3 is 5.97 Å². The number of ketones is 2. The summed E-state index contributed by atoms with van der Waals surface area (Å²) in [6, 6.07) is 4.61. The van der Waals surface area contributed by atoms with Gasteiger partial charge in [-0.05, 0) is 67.9 Å².